The van der Waals surface area contributed by atoms with Gasteiger partial charge in [-0.1, -0.05) is 23.5 Å². The van der Waals surface area contributed by atoms with Crippen LogP contribution >= 0.6 is 11.3 Å². The van der Waals surface area contributed by atoms with Gasteiger partial charge >= 0.3 is 5.69 Å². The Bertz CT molecular complexity index is 1270. The highest BCUT2D eigenvalue weighted by Crippen LogP contribution is 2.32. The fourth-order valence-corrected chi connectivity index (χ4v) is 3.80. The molecule has 152 valence electrons. The Morgan fingerprint density at radius 1 is 1.27 bits per heavy atom. The molecule has 0 saturated carbocycles. The SMILES string of the molecule is CCOc1ccc(C(=O)Nc2ccccc2-c2nn3c(C)nnc3s2)cc1[N+](=O)[O-]. The lowest BCUT2D eigenvalue weighted by molar-refractivity contribution is -0.385. The third-order valence-electron chi connectivity index (χ3n) is 4.27. The summed E-state index contributed by atoms with van der Waals surface area (Å²) in [7, 11) is 0. The molecule has 0 aliphatic rings. The Balaban J connectivity index is 1.66. The van der Waals surface area contributed by atoms with E-state index in [1.54, 1.807) is 30.5 Å². The van der Waals surface area contributed by atoms with Crippen LogP contribution in [0.4, 0.5) is 11.4 Å². The van der Waals surface area contributed by atoms with E-state index in [0.717, 1.165) is 0 Å². The number of aryl methyl sites for hydroxylation is 1. The number of carbonyl (C=O) groups excluding carboxylic acids is 1. The number of ether oxygens (including phenoxy) is 1. The number of carbonyl (C=O) groups is 1. The first-order valence-corrected chi connectivity index (χ1v) is 9.80. The van der Waals surface area contributed by atoms with Gasteiger partial charge in [0.05, 0.1) is 17.2 Å². The molecule has 0 fully saturated rings. The Labute approximate surface area is 174 Å². The monoisotopic (exact) mass is 424 g/mol. The van der Waals surface area contributed by atoms with E-state index in [9.17, 15) is 14.9 Å². The molecule has 0 aliphatic carbocycles. The van der Waals surface area contributed by atoms with Crippen LogP contribution in [0.2, 0.25) is 0 Å². The lowest BCUT2D eigenvalue weighted by atomic mass is 10.1. The molecule has 0 radical (unpaired) electrons. The predicted octanol–water partition coefficient (Wildman–Crippen LogP) is 3.72. The summed E-state index contributed by atoms with van der Waals surface area (Å²) in [6.45, 7) is 3.82. The number of rotatable bonds is 6. The number of para-hydroxylation sites is 1. The lowest BCUT2D eigenvalue weighted by Gasteiger charge is -2.10. The number of hydrogen-bond acceptors (Lipinski definition) is 8. The average molecular weight is 424 g/mol. The van der Waals surface area contributed by atoms with Gasteiger partial charge in [0.25, 0.3) is 5.91 Å². The quantitative estimate of drug-likeness (QED) is 0.369. The molecule has 2 heterocycles. The minimum Gasteiger partial charge on any atom is -0.487 e. The number of anilines is 1. The summed E-state index contributed by atoms with van der Waals surface area (Å²) < 4.78 is 6.90. The zero-order valence-electron chi connectivity index (χ0n) is 16.0. The van der Waals surface area contributed by atoms with E-state index in [-0.39, 0.29) is 23.6 Å². The molecule has 0 aliphatic heterocycles. The molecule has 10 nitrogen and oxygen atoms in total. The number of nitro groups is 1. The van der Waals surface area contributed by atoms with Gasteiger partial charge in [0.1, 0.15) is 5.01 Å². The van der Waals surface area contributed by atoms with Crippen LogP contribution in [0.15, 0.2) is 42.5 Å². The molecule has 0 bridgehead atoms. The lowest BCUT2D eigenvalue weighted by Crippen LogP contribution is -2.13. The first-order valence-electron chi connectivity index (χ1n) is 8.98. The molecule has 0 saturated heterocycles. The first-order chi connectivity index (χ1) is 14.5. The van der Waals surface area contributed by atoms with Crippen LogP contribution in [0, 0.1) is 17.0 Å². The van der Waals surface area contributed by atoms with Crippen molar-refractivity contribution in [3.8, 4) is 16.3 Å². The van der Waals surface area contributed by atoms with Crippen LogP contribution in [-0.2, 0) is 0 Å². The van der Waals surface area contributed by atoms with Gasteiger partial charge in [-0.25, -0.2) is 0 Å². The Morgan fingerprint density at radius 3 is 2.80 bits per heavy atom. The van der Waals surface area contributed by atoms with Crippen LogP contribution in [-0.4, -0.2) is 37.2 Å². The van der Waals surface area contributed by atoms with E-state index in [0.29, 0.717) is 27.0 Å². The highest BCUT2D eigenvalue weighted by molar-refractivity contribution is 7.19. The summed E-state index contributed by atoms with van der Waals surface area (Å²) in [5.41, 5.74) is 1.12. The molecular formula is C19H16N6O4S. The van der Waals surface area contributed by atoms with Crippen molar-refractivity contribution < 1.29 is 14.5 Å². The molecule has 2 aromatic heterocycles. The highest BCUT2D eigenvalue weighted by atomic mass is 32.1. The van der Waals surface area contributed by atoms with E-state index >= 15 is 0 Å². The maximum atomic E-state index is 12.8. The van der Waals surface area contributed by atoms with Crippen LogP contribution in [0.3, 0.4) is 0 Å². The van der Waals surface area contributed by atoms with E-state index in [2.05, 4.69) is 20.6 Å². The van der Waals surface area contributed by atoms with Crippen LogP contribution in [0.5, 0.6) is 5.75 Å². The van der Waals surface area contributed by atoms with Gasteiger partial charge in [0.15, 0.2) is 11.6 Å². The Morgan fingerprint density at radius 2 is 2.07 bits per heavy atom. The summed E-state index contributed by atoms with van der Waals surface area (Å²) in [6, 6.07) is 11.3. The minimum absolute atomic E-state index is 0.120. The van der Waals surface area contributed by atoms with Gasteiger partial charge in [-0.2, -0.15) is 9.61 Å². The predicted molar refractivity (Wildman–Crippen MR) is 111 cm³/mol. The number of nitrogens with one attached hydrogen (secondary N) is 1. The van der Waals surface area contributed by atoms with Crippen molar-refractivity contribution in [2.24, 2.45) is 0 Å². The van der Waals surface area contributed by atoms with Crippen LogP contribution in [0.25, 0.3) is 15.5 Å². The average Bonchev–Trinajstić information content (AvgIpc) is 3.31. The van der Waals surface area contributed by atoms with Gasteiger partial charge in [-0.15, -0.1) is 10.2 Å². The zero-order valence-corrected chi connectivity index (χ0v) is 16.8. The molecule has 1 amide bonds. The summed E-state index contributed by atoms with van der Waals surface area (Å²) in [5, 5.41) is 27.3. The summed E-state index contributed by atoms with van der Waals surface area (Å²) >= 11 is 1.34. The highest BCUT2D eigenvalue weighted by Gasteiger charge is 2.20. The van der Waals surface area contributed by atoms with Gasteiger partial charge in [-0.05, 0) is 38.1 Å². The summed E-state index contributed by atoms with van der Waals surface area (Å²) in [5.74, 6) is 0.304. The molecule has 11 heteroatoms. The molecule has 4 aromatic rings. The molecule has 1 N–H and O–H groups in total. The van der Waals surface area contributed by atoms with Crippen molar-refractivity contribution in [1.29, 1.82) is 0 Å². The summed E-state index contributed by atoms with van der Waals surface area (Å²) in [6.07, 6.45) is 0. The second-order valence-electron chi connectivity index (χ2n) is 6.22. The number of benzene rings is 2. The molecule has 4 rings (SSSR count). The zero-order chi connectivity index (χ0) is 21.3. The Kier molecular flexibility index (Phi) is 5.11. The normalized spacial score (nSPS) is 10.9. The molecule has 2 aromatic carbocycles. The van der Waals surface area contributed by atoms with E-state index in [4.69, 9.17) is 4.74 Å². The molecule has 0 unspecified atom stereocenters. The molecule has 30 heavy (non-hydrogen) atoms. The first kappa shape index (κ1) is 19.5. The van der Waals surface area contributed by atoms with Crippen molar-refractivity contribution in [1.82, 2.24) is 19.8 Å². The van der Waals surface area contributed by atoms with Crippen molar-refractivity contribution in [3.05, 3.63) is 64.0 Å². The maximum Gasteiger partial charge on any atom is 0.311 e. The van der Waals surface area contributed by atoms with Gasteiger partial charge < -0.3 is 10.1 Å². The van der Waals surface area contributed by atoms with Crippen molar-refractivity contribution in [2.45, 2.75) is 13.8 Å². The molecule has 0 spiro atoms. The topological polar surface area (TPSA) is 125 Å². The molecular weight excluding hydrogens is 408 g/mol. The smallest absolute Gasteiger partial charge is 0.311 e. The third-order valence-corrected chi connectivity index (χ3v) is 5.20. The van der Waals surface area contributed by atoms with E-state index in [1.165, 1.54) is 29.5 Å². The molecule has 0 atom stereocenters. The van der Waals surface area contributed by atoms with Crippen LogP contribution < -0.4 is 10.1 Å². The third kappa shape index (κ3) is 3.57. The number of amides is 1. The standard InChI is InChI=1S/C19H16N6O4S/c1-3-29-16-9-8-12(10-15(16)25(27)28)17(26)20-14-7-5-4-6-13(14)18-23-24-11(2)21-22-19(24)30-18/h4-10H,3H2,1-2H3,(H,20,26). The number of hydrogen-bond donors (Lipinski definition) is 1. The van der Waals surface area contributed by atoms with E-state index < -0.39 is 10.8 Å². The van der Waals surface area contributed by atoms with E-state index in [1.807, 2.05) is 12.1 Å². The fraction of sp³-hybridized carbons (Fsp3) is 0.158. The maximum absolute atomic E-state index is 12.8. The minimum atomic E-state index is -0.572. The van der Waals surface area contributed by atoms with Crippen molar-refractivity contribution in [3.63, 3.8) is 0 Å². The Hall–Kier alpha value is -3.86. The number of aromatic nitrogens is 4. The largest absolute Gasteiger partial charge is 0.487 e. The number of nitrogens with zero attached hydrogens (tertiary/aromatic N) is 5. The van der Waals surface area contributed by atoms with Crippen molar-refractivity contribution in [2.75, 3.05) is 11.9 Å². The number of fused-ring (bicyclic) bond motifs is 1. The second-order valence-corrected chi connectivity index (χ2v) is 7.18. The fourth-order valence-electron chi connectivity index (χ4n) is 2.88. The second kappa shape index (κ2) is 7.87. The van der Waals surface area contributed by atoms with Gasteiger partial charge in [0, 0.05) is 17.2 Å². The van der Waals surface area contributed by atoms with Crippen LogP contribution in [0.1, 0.15) is 23.1 Å². The summed E-state index contributed by atoms with van der Waals surface area (Å²) in [4.78, 5) is 24.2. The van der Waals surface area contributed by atoms with Gasteiger partial charge in [-0.3, -0.25) is 14.9 Å². The number of nitro benzene ring substituents is 1. The van der Waals surface area contributed by atoms with Crippen molar-refractivity contribution >= 4 is 33.6 Å². The van der Waals surface area contributed by atoms with Gasteiger partial charge in [0.2, 0.25) is 4.96 Å².